The molecule has 1 aromatic heterocycles. The molecule has 0 spiro atoms. The Morgan fingerprint density at radius 3 is 2.52 bits per heavy atom. The van der Waals surface area contributed by atoms with E-state index in [1.54, 1.807) is 0 Å². The summed E-state index contributed by atoms with van der Waals surface area (Å²) in [5.74, 6) is 1.84. The summed E-state index contributed by atoms with van der Waals surface area (Å²) in [6.07, 6.45) is 2.65. The van der Waals surface area contributed by atoms with Crippen LogP contribution in [0.15, 0.2) is 41.0 Å². The minimum atomic E-state index is 0.137. The van der Waals surface area contributed by atoms with Crippen LogP contribution in [0.4, 0.5) is 0 Å². The zero-order chi connectivity index (χ0) is 15.4. The predicted octanol–water partition coefficient (Wildman–Crippen LogP) is 4.65. The third kappa shape index (κ3) is 4.55. The van der Waals surface area contributed by atoms with Crippen LogP contribution in [0.3, 0.4) is 0 Å². The first kappa shape index (κ1) is 16.0. The third-order valence-corrected chi connectivity index (χ3v) is 3.66. The van der Waals surface area contributed by atoms with Crippen molar-refractivity contribution in [3.8, 4) is 11.6 Å². The summed E-state index contributed by atoms with van der Waals surface area (Å²) < 4.78 is 6.98. The Hall–Kier alpha value is -1.39. The van der Waals surface area contributed by atoms with Gasteiger partial charge in [-0.1, -0.05) is 35.8 Å². The van der Waals surface area contributed by atoms with Gasteiger partial charge in [0.05, 0.1) is 0 Å². The van der Waals surface area contributed by atoms with Crippen LogP contribution in [-0.2, 0) is 6.42 Å². The lowest BCUT2D eigenvalue weighted by molar-refractivity contribution is 0.453. The maximum absolute atomic E-state index is 5.92. The number of pyridine rings is 1. The second-order valence-corrected chi connectivity index (χ2v) is 6.54. The Labute approximate surface area is 134 Å². The second-order valence-electron chi connectivity index (χ2n) is 5.63. The van der Waals surface area contributed by atoms with E-state index >= 15 is 0 Å². The van der Waals surface area contributed by atoms with E-state index in [0.717, 1.165) is 27.8 Å². The van der Waals surface area contributed by atoms with Gasteiger partial charge in [-0.05, 0) is 48.6 Å². The first-order chi connectivity index (χ1) is 9.95. The lowest BCUT2D eigenvalue weighted by atomic mass is 10.0. The molecule has 1 atom stereocenters. The molecule has 0 saturated carbocycles. The minimum absolute atomic E-state index is 0.137. The van der Waals surface area contributed by atoms with Gasteiger partial charge in [0.25, 0.3) is 0 Å². The first-order valence-corrected chi connectivity index (χ1v) is 7.93. The molecule has 0 amide bonds. The van der Waals surface area contributed by atoms with Gasteiger partial charge in [-0.25, -0.2) is 4.98 Å². The Balaban J connectivity index is 2.18. The van der Waals surface area contributed by atoms with E-state index in [1.807, 2.05) is 37.4 Å². The molecule has 1 aromatic carbocycles. The summed E-state index contributed by atoms with van der Waals surface area (Å²) >= 11 is 3.50. The van der Waals surface area contributed by atoms with Gasteiger partial charge in [0.2, 0.25) is 5.88 Å². The predicted molar refractivity (Wildman–Crippen MR) is 89.9 cm³/mol. The summed E-state index contributed by atoms with van der Waals surface area (Å²) in [5.41, 5.74) is 8.07. The topological polar surface area (TPSA) is 48.1 Å². The molecule has 1 heterocycles. The third-order valence-electron chi connectivity index (χ3n) is 3.16. The summed E-state index contributed by atoms with van der Waals surface area (Å²) in [6, 6.07) is 10.1. The average molecular weight is 349 g/mol. The number of benzene rings is 1. The molecule has 112 valence electrons. The van der Waals surface area contributed by atoms with E-state index in [0.29, 0.717) is 11.8 Å². The molecule has 0 radical (unpaired) electrons. The van der Waals surface area contributed by atoms with Gasteiger partial charge >= 0.3 is 0 Å². The molecule has 2 aromatic rings. The Morgan fingerprint density at radius 1 is 1.19 bits per heavy atom. The van der Waals surface area contributed by atoms with Crippen LogP contribution >= 0.6 is 15.9 Å². The lowest BCUT2D eigenvalue weighted by Gasteiger charge is -2.14. The second kappa shape index (κ2) is 7.05. The van der Waals surface area contributed by atoms with Crippen molar-refractivity contribution in [1.82, 2.24) is 4.98 Å². The van der Waals surface area contributed by atoms with Crippen molar-refractivity contribution in [2.45, 2.75) is 39.2 Å². The number of aromatic nitrogens is 1. The molecule has 0 aliphatic rings. The smallest absolute Gasteiger partial charge is 0.219 e. The molecular weight excluding hydrogens is 328 g/mol. The molecule has 4 heteroatoms. The number of hydrogen-bond donors (Lipinski definition) is 1. The quantitative estimate of drug-likeness (QED) is 0.855. The summed E-state index contributed by atoms with van der Waals surface area (Å²) in [6.45, 7) is 6.28. The van der Waals surface area contributed by atoms with Crippen LogP contribution in [0.25, 0.3) is 0 Å². The molecule has 0 aliphatic heterocycles. The Morgan fingerprint density at radius 2 is 1.95 bits per heavy atom. The standard InChI is InChI=1S/C17H21BrN2O/c1-11(2)15-9-14(18)5-6-16(15)21-17-7-4-13(10-20-17)8-12(3)19/h4-7,9-12H,8,19H2,1-3H3. The highest BCUT2D eigenvalue weighted by Crippen LogP contribution is 2.32. The molecular formula is C17H21BrN2O. The van der Waals surface area contributed by atoms with Gasteiger partial charge in [-0.3, -0.25) is 0 Å². The van der Waals surface area contributed by atoms with Crippen LogP contribution in [0.1, 0.15) is 37.8 Å². The van der Waals surface area contributed by atoms with Crippen LogP contribution in [0.2, 0.25) is 0 Å². The van der Waals surface area contributed by atoms with Crippen molar-refractivity contribution in [1.29, 1.82) is 0 Å². The maximum atomic E-state index is 5.92. The fourth-order valence-electron chi connectivity index (χ4n) is 2.14. The van der Waals surface area contributed by atoms with Crippen molar-refractivity contribution in [3.63, 3.8) is 0 Å². The largest absolute Gasteiger partial charge is 0.439 e. The average Bonchev–Trinajstić information content (AvgIpc) is 2.42. The normalized spacial score (nSPS) is 12.5. The maximum Gasteiger partial charge on any atom is 0.219 e. The van der Waals surface area contributed by atoms with E-state index in [4.69, 9.17) is 10.5 Å². The van der Waals surface area contributed by atoms with Gasteiger partial charge in [0.15, 0.2) is 0 Å². The van der Waals surface area contributed by atoms with E-state index in [1.165, 1.54) is 0 Å². The lowest BCUT2D eigenvalue weighted by Crippen LogP contribution is -2.17. The molecule has 0 bridgehead atoms. The molecule has 1 unspecified atom stereocenters. The van der Waals surface area contributed by atoms with E-state index in [-0.39, 0.29) is 6.04 Å². The highest BCUT2D eigenvalue weighted by Gasteiger charge is 2.10. The van der Waals surface area contributed by atoms with Crippen LogP contribution in [0, 0.1) is 0 Å². The van der Waals surface area contributed by atoms with Gasteiger partial charge in [-0.2, -0.15) is 0 Å². The molecule has 2 N–H and O–H groups in total. The molecule has 0 aliphatic carbocycles. The van der Waals surface area contributed by atoms with E-state index in [2.05, 4.69) is 40.8 Å². The molecule has 3 nitrogen and oxygen atoms in total. The fraction of sp³-hybridized carbons (Fsp3) is 0.353. The van der Waals surface area contributed by atoms with Gasteiger partial charge in [0.1, 0.15) is 5.75 Å². The van der Waals surface area contributed by atoms with Gasteiger partial charge in [-0.15, -0.1) is 0 Å². The van der Waals surface area contributed by atoms with E-state index in [9.17, 15) is 0 Å². The number of nitrogens with zero attached hydrogens (tertiary/aromatic N) is 1. The summed E-state index contributed by atoms with van der Waals surface area (Å²) in [5, 5.41) is 0. The van der Waals surface area contributed by atoms with Gasteiger partial charge in [0, 0.05) is 22.8 Å². The highest BCUT2D eigenvalue weighted by atomic mass is 79.9. The molecule has 2 rings (SSSR count). The SMILES string of the molecule is CC(N)Cc1ccc(Oc2ccc(Br)cc2C(C)C)nc1. The number of nitrogens with two attached hydrogens (primary N) is 1. The molecule has 21 heavy (non-hydrogen) atoms. The number of rotatable bonds is 5. The Bertz CT molecular complexity index is 594. The molecule has 0 saturated heterocycles. The van der Waals surface area contributed by atoms with Crippen molar-refractivity contribution in [3.05, 3.63) is 52.1 Å². The number of ether oxygens (including phenoxy) is 1. The van der Waals surface area contributed by atoms with Crippen molar-refractivity contribution >= 4 is 15.9 Å². The highest BCUT2D eigenvalue weighted by molar-refractivity contribution is 9.10. The first-order valence-electron chi connectivity index (χ1n) is 7.13. The zero-order valence-corrected chi connectivity index (χ0v) is 14.2. The zero-order valence-electron chi connectivity index (χ0n) is 12.6. The van der Waals surface area contributed by atoms with E-state index < -0.39 is 0 Å². The van der Waals surface area contributed by atoms with Crippen molar-refractivity contribution in [2.24, 2.45) is 5.73 Å². The van der Waals surface area contributed by atoms with Crippen molar-refractivity contribution in [2.75, 3.05) is 0 Å². The summed E-state index contributed by atoms with van der Waals surface area (Å²) in [4.78, 5) is 4.36. The van der Waals surface area contributed by atoms with Crippen LogP contribution < -0.4 is 10.5 Å². The van der Waals surface area contributed by atoms with Gasteiger partial charge < -0.3 is 10.5 Å². The van der Waals surface area contributed by atoms with Crippen molar-refractivity contribution < 1.29 is 4.74 Å². The fourth-order valence-corrected chi connectivity index (χ4v) is 2.52. The summed E-state index contributed by atoms with van der Waals surface area (Å²) in [7, 11) is 0. The Kier molecular flexibility index (Phi) is 5.37. The molecule has 0 fully saturated rings. The number of hydrogen-bond acceptors (Lipinski definition) is 3. The number of halogens is 1. The van der Waals surface area contributed by atoms with Crippen LogP contribution in [0.5, 0.6) is 11.6 Å². The minimum Gasteiger partial charge on any atom is -0.439 e. The van der Waals surface area contributed by atoms with Crippen LogP contribution in [-0.4, -0.2) is 11.0 Å². The monoisotopic (exact) mass is 348 g/mol.